The molecule has 21 heavy (non-hydrogen) atoms. The number of hydrogen-bond acceptors (Lipinski definition) is 2. The summed E-state index contributed by atoms with van der Waals surface area (Å²) in [6.45, 7) is 0. The van der Waals surface area contributed by atoms with E-state index in [0.29, 0.717) is 6.42 Å². The molecule has 114 valence electrons. The summed E-state index contributed by atoms with van der Waals surface area (Å²) in [6.07, 6.45) is 5.91. The molecule has 4 heteroatoms. The maximum absolute atomic E-state index is 12.4. The minimum atomic E-state index is -0.922. The van der Waals surface area contributed by atoms with Crippen LogP contribution >= 0.6 is 0 Å². The van der Waals surface area contributed by atoms with E-state index in [-0.39, 0.29) is 18.4 Å². The summed E-state index contributed by atoms with van der Waals surface area (Å²) in [6, 6.07) is 9.82. The molecule has 1 saturated carbocycles. The highest BCUT2D eigenvalue weighted by molar-refractivity contribution is 5.83. The van der Waals surface area contributed by atoms with Crippen molar-refractivity contribution in [1.29, 1.82) is 0 Å². The summed E-state index contributed by atoms with van der Waals surface area (Å²) in [4.78, 5) is 23.4. The van der Waals surface area contributed by atoms with Gasteiger partial charge in [0, 0.05) is 6.04 Å². The molecule has 1 aromatic rings. The lowest BCUT2D eigenvalue weighted by Crippen LogP contribution is -2.41. The Hall–Kier alpha value is -1.84. The number of carbonyl (C=O) groups excluding carboxylic acids is 1. The van der Waals surface area contributed by atoms with Crippen LogP contribution in [0.1, 0.15) is 44.1 Å². The van der Waals surface area contributed by atoms with Crippen LogP contribution in [0.2, 0.25) is 0 Å². The van der Waals surface area contributed by atoms with Crippen molar-refractivity contribution in [2.24, 2.45) is 5.92 Å². The summed E-state index contributed by atoms with van der Waals surface area (Å²) in [5, 5.41) is 12.1. The molecule has 2 N–H and O–H groups in total. The third kappa shape index (κ3) is 5.21. The zero-order valence-electron chi connectivity index (χ0n) is 12.3. The molecule has 1 unspecified atom stereocenters. The van der Waals surface area contributed by atoms with Crippen molar-refractivity contribution in [3.63, 3.8) is 0 Å². The van der Waals surface area contributed by atoms with E-state index in [1.807, 2.05) is 30.3 Å². The Bertz CT molecular complexity index is 466. The average molecular weight is 289 g/mol. The number of carboxylic acids is 1. The molecule has 0 bridgehead atoms. The maximum atomic E-state index is 12.4. The van der Waals surface area contributed by atoms with Gasteiger partial charge in [0.1, 0.15) is 0 Å². The quantitative estimate of drug-likeness (QED) is 0.846. The lowest BCUT2D eigenvalue weighted by molar-refractivity contribution is -0.141. The lowest BCUT2D eigenvalue weighted by Gasteiger charge is -2.25. The molecule has 1 atom stereocenters. The molecule has 0 heterocycles. The Morgan fingerprint density at radius 1 is 1.14 bits per heavy atom. The van der Waals surface area contributed by atoms with Crippen LogP contribution in [-0.2, 0) is 16.0 Å². The molecule has 2 rings (SSSR count). The van der Waals surface area contributed by atoms with E-state index in [0.717, 1.165) is 31.2 Å². The van der Waals surface area contributed by atoms with Gasteiger partial charge >= 0.3 is 5.97 Å². The first kappa shape index (κ1) is 15.5. The Balaban J connectivity index is 1.97. The Morgan fingerprint density at radius 3 is 2.43 bits per heavy atom. The third-order valence-electron chi connectivity index (χ3n) is 4.07. The van der Waals surface area contributed by atoms with Gasteiger partial charge in [-0.15, -0.1) is 0 Å². The van der Waals surface area contributed by atoms with E-state index in [2.05, 4.69) is 5.32 Å². The Morgan fingerprint density at radius 2 is 1.81 bits per heavy atom. The van der Waals surface area contributed by atoms with Gasteiger partial charge in [0.05, 0.1) is 12.3 Å². The van der Waals surface area contributed by atoms with Crippen LogP contribution in [0.15, 0.2) is 30.3 Å². The number of hydrogen-bond donors (Lipinski definition) is 2. The van der Waals surface area contributed by atoms with Crippen LogP contribution < -0.4 is 5.32 Å². The maximum Gasteiger partial charge on any atom is 0.304 e. The van der Waals surface area contributed by atoms with Gasteiger partial charge in [-0.2, -0.15) is 0 Å². The fraction of sp³-hybridized carbons (Fsp3) is 0.529. The molecule has 1 aliphatic carbocycles. The predicted octanol–water partition coefficient (Wildman–Crippen LogP) is 2.77. The highest BCUT2D eigenvalue weighted by Gasteiger charge is 2.25. The number of nitrogens with one attached hydrogen (secondary N) is 1. The number of aliphatic carboxylic acids is 1. The average Bonchev–Trinajstić information content (AvgIpc) is 2.48. The summed E-state index contributed by atoms with van der Waals surface area (Å²) < 4.78 is 0. The van der Waals surface area contributed by atoms with Crippen molar-refractivity contribution in [3.05, 3.63) is 35.9 Å². The molecule has 1 amide bonds. The number of amides is 1. The van der Waals surface area contributed by atoms with E-state index in [4.69, 9.17) is 5.11 Å². The Kier molecular flexibility index (Phi) is 5.78. The molecular formula is C17H23NO3. The van der Waals surface area contributed by atoms with Crippen molar-refractivity contribution in [3.8, 4) is 0 Å². The van der Waals surface area contributed by atoms with E-state index in [1.165, 1.54) is 6.42 Å². The molecule has 1 aromatic carbocycles. The fourth-order valence-electron chi connectivity index (χ4n) is 2.93. The molecule has 0 radical (unpaired) electrons. The lowest BCUT2D eigenvalue weighted by atomic mass is 9.92. The van der Waals surface area contributed by atoms with Crippen molar-refractivity contribution in [1.82, 2.24) is 5.32 Å². The second-order valence-corrected chi connectivity index (χ2v) is 5.83. The third-order valence-corrected chi connectivity index (χ3v) is 4.07. The monoisotopic (exact) mass is 289 g/mol. The van der Waals surface area contributed by atoms with Gasteiger partial charge in [0.15, 0.2) is 0 Å². The summed E-state index contributed by atoms with van der Waals surface area (Å²) in [5.74, 6) is -1.53. The van der Waals surface area contributed by atoms with Crippen LogP contribution in [0.5, 0.6) is 0 Å². The van der Waals surface area contributed by atoms with Gasteiger partial charge in [-0.1, -0.05) is 49.6 Å². The second kappa shape index (κ2) is 7.81. The van der Waals surface area contributed by atoms with E-state index in [1.54, 1.807) is 0 Å². The molecule has 1 fully saturated rings. The van der Waals surface area contributed by atoms with Crippen LogP contribution in [0.25, 0.3) is 0 Å². The standard InChI is InChI=1S/C17H23NO3/c19-16(20)12-14(11-13-7-3-1-4-8-13)17(21)18-15-9-5-2-6-10-15/h1,3-4,7-8,14-15H,2,5-6,9-12H2,(H,18,21)(H,19,20). The first-order valence-electron chi connectivity index (χ1n) is 7.71. The minimum absolute atomic E-state index is 0.117. The van der Waals surface area contributed by atoms with Gasteiger partial charge in [-0.05, 0) is 24.8 Å². The number of carboxylic acid groups (broad SMARTS) is 1. The van der Waals surface area contributed by atoms with Gasteiger partial charge < -0.3 is 10.4 Å². The molecule has 0 aromatic heterocycles. The molecule has 4 nitrogen and oxygen atoms in total. The van der Waals surface area contributed by atoms with Crippen molar-refractivity contribution in [2.75, 3.05) is 0 Å². The normalized spacial score (nSPS) is 17.1. The van der Waals surface area contributed by atoms with E-state index < -0.39 is 11.9 Å². The van der Waals surface area contributed by atoms with Crippen LogP contribution in [0, 0.1) is 5.92 Å². The van der Waals surface area contributed by atoms with Crippen LogP contribution in [-0.4, -0.2) is 23.0 Å². The highest BCUT2D eigenvalue weighted by atomic mass is 16.4. The summed E-state index contributed by atoms with van der Waals surface area (Å²) >= 11 is 0. The second-order valence-electron chi connectivity index (χ2n) is 5.83. The highest BCUT2D eigenvalue weighted by Crippen LogP contribution is 2.19. The smallest absolute Gasteiger partial charge is 0.304 e. The number of benzene rings is 1. The minimum Gasteiger partial charge on any atom is -0.481 e. The molecule has 0 spiro atoms. The zero-order chi connectivity index (χ0) is 15.1. The zero-order valence-corrected chi connectivity index (χ0v) is 12.3. The molecule has 0 saturated heterocycles. The first-order valence-corrected chi connectivity index (χ1v) is 7.71. The number of carbonyl (C=O) groups is 2. The van der Waals surface area contributed by atoms with Crippen molar-refractivity contribution in [2.45, 2.75) is 51.0 Å². The van der Waals surface area contributed by atoms with E-state index in [9.17, 15) is 9.59 Å². The Labute approximate surface area is 125 Å². The predicted molar refractivity (Wildman–Crippen MR) is 80.9 cm³/mol. The van der Waals surface area contributed by atoms with Gasteiger partial charge in [-0.3, -0.25) is 9.59 Å². The van der Waals surface area contributed by atoms with Gasteiger partial charge in [0.25, 0.3) is 0 Å². The van der Waals surface area contributed by atoms with Crippen molar-refractivity contribution < 1.29 is 14.7 Å². The fourth-order valence-corrected chi connectivity index (χ4v) is 2.93. The van der Waals surface area contributed by atoms with E-state index >= 15 is 0 Å². The first-order chi connectivity index (χ1) is 10.1. The summed E-state index contributed by atoms with van der Waals surface area (Å²) in [5.41, 5.74) is 1.00. The molecular weight excluding hydrogens is 266 g/mol. The van der Waals surface area contributed by atoms with Crippen molar-refractivity contribution >= 4 is 11.9 Å². The SMILES string of the molecule is O=C(O)CC(Cc1ccccc1)C(=O)NC1CCCCC1. The molecule has 1 aliphatic rings. The van der Waals surface area contributed by atoms with Crippen LogP contribution in [0.3, 0.4) is 0 Å². The summed E-state index contributed by atoms with van der Waals surface area (Å²) in [7, 11) is 0. The molecule has 0 aliphatic heterocycles. The topological polar surface area (TPSA) is 66.4 Å². The number of rotatable bonds is 6. The van der Waals surface area contributed by atoms with Crippen LogP contribution in [0.4, 0.5) is 0 Å². The van der Waals surface area contributed by atoms with Gasteiger partial charge in [-0.25, -0.2) is 0 Å². The van der Waals surface area contributed by atoms with Gasteiger partial charge in [0.2, 0.25) is 5.91 Å². The largest absolute Gasteiger partial charge is 0.481 e.